The quantitative estimate of drug-likeness (QED) is 0.722. The molecular formula is C9H17Cl2N2Pt. The Kier molecular flexibility index (Phi) is 3.24. The molecule has 2 fully saturated rings. The van der Waals surface area contributed by atoms with Gasteiger partial charge in [-0.25, -0.2) is 0 Å². The molecule has 2 rings (SSSR count). The first kappa shape index (κ1) is 11.7. The Balaban J connectivity index is 2.33. The molecule has 0 aliphatic heterocycles. The summed E-state index contributed by atoms with van der Waals surface area (Å²) in [6.07, 6.45) is 5.74. The van der Waals surface area contributed by atoms with Gasteiger partial charge in [-0.05, 0) is 0 Å². The summed E-state index contributed by atoms with van der Waals surface area (Å²) < 4.78 is 0.0401. The normalized spacial score (nSPS) is 48.0. The van der Waals surface area contributed by atoms with Gasteiger partial charge in [0.25, 0.3) is 0 Å². The van der Waals surface area contributed by atoms with Crippen LogP contribution >= 0.6 is 18.8 Å². The molecule has 3 unspecified atom stereocenters. The molecule has 2 bridgehead atoms. The molecule has 0 heterocycles. The van der Waals surface area contributed by atoms with Crippen molar-refractivity contribution in [3.63, 3.8) is 0 Å². The van der Waals surface area contributed by atoms with Gasteiger partial charge in [0.1, 0.15) is 0 Å². The monoisotopic (exact) mass is 418 g/mol. The number of nitrogens with two attached hydrogens (primary N) is 2. The van der Waals surface area contributed by atoms with Crippen LogP contribution in [0.1, 0.15) is 32.1 Å². The summed E-state index contributed by atoms with van der Waals surface area (Å²) in [5.74, 6) is 0.815. The van der Waals surface area contributed by atoms with Crippen molar-refractivity contribution in [2.24, 2.45) is 17.4 Å². The van der Waals surface area contributed by atoms with Crippen molar-refractivity contribution in [2.45, 2.75) is 41.4 Å². The van der Waals surface area contributed by atoms with E-state index in [0.29, 0.717) is 6.54 Å². The SMILES string of the molecule is NCC1(N)CCC2CC[C]1([Pt]([Cl])[Cl])C2. The van der Waals surface area contributed by atoms with Crippen LogP contribution in [0.2, 0.25) is 3.80 Å². The third-order valence-corrected chi connectivity index (χ3v) is 11.5. The van der Waals surface area contributed by atoms with E-state index in [4.69, 9.17) is 30.3 Å². The van der Waals surface area contributed by atoms with E-state index in [1.54, 1.807) is 0 Å². The zero-order chi connectivity index (χ0) is 10.4. The third kappa shape index (κ3) is 1.50. The molecule has 0 saturated heterocycles. The average Bonchev–Trinajstić information content (AvgIpc) is 2.55. The molecular weight excluding hydrogens is 402 g/mol. The van der Waals surface area contributed by atoms with E-state index in [-0.39, 0.29) is 9.34 Å². The molecule has 3 atom stereocenters. The number of hydrogen-bond acceptors (Lipinski definition) is 2. The molecule has 4 N–H and O–H groups in total. The second-order valence-corrected chi connectivity index (χ2v) is 12.9. The van der Waals surface area contributed by atoms with Gasteiger partial charge in [-0.15, -0.1) is 0 Å². The molecule has 5 heteroatoms. The van der Waals surface area contributed by atoms with Crippen LogP contribution in [0.3, 0.4) is 0 Å². The third-order valence-electron chi connectivity index (χ3n) is 3.99. The van der Waals surface area contributed by atoms with Gasteiger partial charge in [-0.3, -0.25) is 0 Å². The topological polar surface area (TPSA) is 52.0 Å². The fourth-order valence-electron chi connectivity index (χ4n) is 2.95. The van der Waals surface area contributed by atoms with Crippen LogP contribution in [0, 0.1) is 5.92 Å². The maximum atomic E-state index is 6.42. The van der Waals surface area contributed by atoms with Crippen molar-refractivity contribution in [3.05, 3.63) is 0 Å². The number of fused-ring (bicyclic) bond motifs is 2. The van der Waals surface area contributed by atoms with Gasteiger partial charge in [0.05, 0.1) is 0 Å². The summed E-state index contributed by atoms with van der Waals surface area (Å²) in [4.78, 5) is 0. The van der Waals surface area contributed by atoms with E-state index >= 15 is 0 Å². The minimum absolute atomic E-state index is 0.0401. The molecule has 0 aromatic carbocycles. The van der Waals surface area contributed by atoms with E-state index in [0.717, 1.165) is 25.2 Å². The molecule has 0 amide bonds. The van der Waals surface area contributed by atoms with E-state index in [9.17, 15) is 0 Å². The molecule has 14 heavy (non-hydrogen) atoms. The van der Waals surface area contributed by atoms with Gasteiger partial charge in [-0.1, -0.05) is 0 Å². The summed E-state index contributed by atoms with van der Waals surface area (Å²) in [6, 6.07) is 0. The van der Waals surface area contributed by atoms with E-state index in [2.05, 4.69) is 0 Å². The second-order valence-electron chi connectivity index (χ2n) is 4.58. The van der Waals surface area contributed by atoms with Crippen molar-refractivity contribution in [1.82, 2.24) is 0 Å². The van der Waals surface area contributed by atoms with Crippen LogP contribution in [-0.2, 0) is 15.2 Å². The first-order valence-corrected chi connectivity index (χ1v) is 11.8. The average molecular weight is 419 g/mol. The van der Waals surface area contributed by atoms with Crippen LogP contribution < -0.4 is 11.5 Å². The number of halogens is 2. The van der Waals surface area contributed by atoms with Gasteiger partial charge in [0, 0.05) is 0 Å². The van der Waals surface area contributed by atoms with Crippen molar-refractivity contribution in [2.75, 3.05) is 6.54 Å². The van der Waals surface area contributed by atoms with Gasteiger partial charge in [0.2, 0.25) is 0 Å². The van der Waals surface area contributed by atoms with Crippen LogP contribution in [0.15, 0.2) is 0 Å². The van der Waals surface area contributed by atoms with Gasteiger partial charge < -0.3 is 0 Å². The van der Waals surface area contributed by atoms with Crippen LogP contribution in [-0.4, -0.2) is 12.1 Å². The van der Waals surface area contributed by atoms with E-state index in [1.807, 2.05) is 0 Å². The molecule has 0 aromatic rings. The molecule has 2 saturated carbocycles. The predicted octanol–water partition coefficient (Wildman–Crippen LogP) is 2.32. The Morgan fingerprint density at radius 3 is 2.50 bits per heavy atom. The van der Waals surface area contributed by atoms with Gasteiger partial charge >= 0.3 is 99.4 Å². The Labute approximate surface area is 99.1 Å². The van der Waals surface area contributed by atoms with Crippen molar-refractivity contribution >= 4 is 18.8 Å². The van der Waals surface area contributed by atoms with Crippen molar-refractivity contribution in [1.29, 1.82) is 0 Å². The fraction of sp³-hybridized carbons (Fsp3) is 1.00. The summed E-state index contributed by atoms with van der Waals surface area (Å²) in [5.41, 5.74) is 12.0. The number of rotatable bonds is 2. The molecule has 87 valence electrons. The first-order valence-electron chi connectivity index (χ1n) is 4.98. The summed E-state index contributed by atoms with van der Waals surface area (Å²) in [7, 11) is 12.6. The Bertz CT molecular complexity index is 239. The molecule has 0 radical (unpaired) electrons. The Hall–Kier alpha value is 1.19. The van der Waals surface area contributed by atoms with E-state index in [1.165, 1.54) is 12.8 Å². The zero-order valence-electron chi connectivity index (χ0n) is 8.05. The summed E-state index contributed by atoms with van der Waals surface area (Å²) in [5, 5.41) is 0. The van der Waals surface area contributed by atoms with Crippen LogP contribution in [0.5, 0.6) is 0 Å². The molecule has 2 nitrogen and oxygen atoms in total. The van der Waals surface area contributed by atoms with Gasteiger partial charge in [0.15, 0.2) is 0 Å². The minimum atomic E-state index is -1.93. The first-order chi connectivity index (χ1) is 6.54. The predicted molar refractivity (Wildman–Crippen MR) is 56.9 cm³/mol. The summed E-state index contributed by atoms with van der Waals surface area (Å²) >= 11 is -1.93. The molecule has 0 aromatic heterocycles. The Morgan fingerprint density at radius 2 is 1.93 bits per heavy atom. The number of hydrogen-bond donors (Lipinski definition) is 2. The Morgan fingerprint density at radius 1 is 1.29 bits per heavy atom. The van der Waals surface area contributed by atoms with Crippen molar-refractivity contribution < 1.29 is 15.2 Å². The van der Waals surface area contributed by atoms with Crippen LogP contribution in [0.25, 0.3) is 0 Å². The van der Waals surface area contributed by atoms with Crippen LogP contribution in [0.4, 0.5) is 0 Å². The molecule has 0 spiro atoms. The van der Waals surface area contributed by atoms with Crippen molar-refractivity contribution in [3.8, 4) is 0 Å². The zero-order valence-corrected chi connectivity index (χ0v) is 11.8. The molecule has 2 aliphatic rings. The van der Waals surface area contributed by atoms with E-state index < -0.39 is 15.2 Å². The standard InChI is InChI=1S/C9H17N2.2ClH.Pt/c10-6-9(11)4-3-7-1-2-8(9)5-7;;;/h7H,1-6,10-11H2;2*1H;/q;;;+2/p-2. The molecule has 2 aliphatic carbocycles. The van der Waals surface area contributed by atoms with Gasteiger partial charge in [-0.2, -0.15) is 0 Å². The fourth-order valence-corrected chi connectivity index (χ4v) is 9.81. The second kappa shape index (κ2) is 3.89. The maximum absolute atomic E-state index is 6.42. The summed E-state index contributed by atoms with van der Waals surface area (Å²) in [6.45, 7) is 0.535.